The molecule has 1 aliphatic heterocycles. The van der Waals surface area contributed by atoms with Gasteiger partial charge >= 0.3 is 0 Å². The first-order valence-corrected chi connectivity index (χ1v) is 10.6. The van der Waals surface area contributed by atoms with E-state index in [1.165, 1.54) is 27.5 Å². The highest BCUT2D eigenvalue weighted by molar-refractivity contribution is 5.97. The van der Waals surface area contributed by atoms with Crippen molar-refractivity contribution in [2.24, 2.45) is 0 Å². The lowest BCUT2D eigenvalue weighted by molar-refractivity contribution is 0.244. The Kier molecular flexibility index (Phi) is 4.28. The zero-order valence-corrected chi connectivity index (χ0v) is 17.4. The van der Waals surface area contributed by atoms with E-state index in [0.717, 1.165) is 48.5 Å². The van der Waals surface area contributed by atoms with Gasteiger partial charge in [-0.15, -0.1) is 0 Å². The molecule has 0 saturated carbocycles. The molecular weight excluding hydrogens is 384 g/mol. The zero-order chi connectivity index (χ0) is 20.8. The quantitative estimate of drug-likeness (QED) is 0.380. The fourth-order valence-electron chi connectivity index (χ4n) is 4.52. The Morgan fingerprint density at radius 1 is 0.968 bits per heavy atom. The van der Waals surface area contributed by atoms with Crippen LogP contribution in [0.5, 0.6) is 0 Å². The number of furan rings is 1. The summed E-state index contributed by atoms with van der Waals surface area (Å²) in [5.41, 5.74) is 7.04. The maximum atomic E-state index is 5.46. The lowest BCUT2D eigenvalue weighted by Gasteiger charge is -2.29. The van der Waals surface area contributed by atoms with Crippen LogP contribution in [0, 0.1) is 6.92 Å². The lowest BCUT2D eigenvalue weighted by atomic mass is 9.99. The molecule has 0 N–H and O–H groups in total. The van der Waals surface area contributed by atoms with Crippen molar-refractivity contribution in [2.45, 2.75) is 26.4 Å². The number of pyridine rings is 1. The van der Waals surface area contributed by atoms with Crippen LogP contribution in [0.15, 0.2) is 71.5 Å². The topological polar surface area (TPSA) is 55.1 Å². The summed E-state index contributed by atoms with van der Waals surface area (Å²) in [6.45, 7) is 4.83. The van der Waals surface area contributed by atoms with Crippen molar-refractivity contribution in [3.8, 4) is 11.6 Å². The molecule has 3 aromatic heterocycles. The van der Waals surface area contributed by atoms with Crippen LogP contribution >= 0.6 is 0 Å². The monoisotopic (exact) mass is 406 g/mol. The first kappa shape index (κ1) is 18.2. The van der Waals surface area contributed by atoms with Crippen molar-refractivity contribution < 1.29 is 4.42 Å². The fraction of sp³-hybridized carbons (Fsp3) is 0.192. The van der Waals surface area contributed by atoms with Gasteiger partial charge < -0.3 is 4.42 Å². The summed E-state index contributed by atoms with van der Waals surface area (Å²) in [5, 5.41) is 2.48. The number of benzene rings is 2. The number of fused-ring (bicyclic) bond motifs is 3. The highest BCUT2D eigenvalue weighted by Gasteiger charge is 2.21. The van der Waals surface area contributed by atoms with Gasteiger partial charge in [0.15, 0.2) is 11.6 Å². The average Bonchev–Trinajstić information content (AvgIpc) is 3.34. The summed E-state index contributed by atoms with van der Waals surface area (Å²) in [5.74, 6) is 1.38. The van der Waals surface area contributed by atoms with Crippen LogP contribution < -0.4 is 0 Å². The minimum absolute atomic E-state index is 0.666. The summed E-state index contributed by atoms with van der Waals surface area (Å²) < 4.78 is 5.46. The van der Waals surface area contributed by atoms with E-state index in [1.54, 1.807) is 6.26 Å². The molecule has 6 rings (SSSR count). The second-order valence-electron chi connectivity index (χ2n) is 8.23. The molecule has 0 unspecified atom stereocenters. The van der Waals surface area contributed by atoms with Crippen LogP contribution in [0.3, 0.4) is 0 Å². The van der Waals surface area contributed by atoms with Crippen molar-refractivity contribution in [3.63, 3.8) is 0 Å². The van der Waals surface area contributed by atoms with Gasteiger partial charge in [0.05, 0.1) is 23.0 Å². The van der Waals surface area contributed by atoms with Crippen LogP contribution in [0.1, 0.15) is 22.4 Å². The maximum absolute atomic E-state index is 5.46. The normalized spacial score (nSPS) is 14.2. The van der Waals surface area contributed by atoms with Crippen LogP contribution in [-0.4, -0.2) is 26.4 Å². The average molecular weight is 406 g/mol. The van der Waals surface area contributed by atoms with E-state index < -0.39 is 0 Å². The SMILES string of the molecule is Cc1ccc2nc3ccccc3c(CN3CCc4nc(-c5ccco5)ncc4C3)c2c1. The second kappa shape index (κ2) is 7.29. The summed E-state index contributed by atoms with van der Waals surface area (Å²) in [7, 11) is 0. The number of rotatable bonds is 3. The van der Waals surface area contributed by atoms with Crippen molar-refractivity contribution in [3.05, 3.63) is 89.4 Å². The van der Waals surface area contributed by atoms with Crippen LogP contribution in [-0.2, 0) is 19.5 Å². The van der Waals surface area contributed by atoms with Crippen LogP contribution in [0.2, 0.25) is 0 Å². The predicted octanol–water partition coefficient (Wildman–Crippen LogP) is 5.30. The number of aromatic nitrogens is 3. The van der Waals surface area contributed by atoms with E-state index in [1.807, 2.05) is 18.3 Å². The van der Waals surface area contributed by atoms with Gasteiger partial charge in [-0.1, -0.05) is 29.8 Å². The Morgan fingerprint density at radius 2 is 1.87 bits per heavy atom. The van der Waals surface area contributed by atoms with Gasteiger partial charge in [0.25, 0.3) is 0 Å². The summed E-state index contributed by atoms with van der Waals surface area (Å²) in [6.07, 6.45) is 4.52. The molecule has 0 spiro atoms. The largest absolute Gasteiger partial charge is 0.461 e. The van der Waals surface area contributed by atoms with Crippen molar-refractivity contribution >= 4 is 21.8 Å². The smallest absolute Gasteiger partial charge is 0.195 e. The third-order valence-electron chi connectivity index (χ3n) is 6.08. The summed E-state index contributed by atoms with van der Waals surface area (Å²) in [4.78, 5) is 16.7. The van der Waals surface area contributed by atoms with Gasteiger partial charge in [-0.3, -0.25) is 4.90 Å². The molecule has 0 bridgehead atoms. The predicted molar refractivity (Wildman–Crippen MR) is 122 cm³/mol. The molecule has 5 heteroatoms. The molecule has 1 aliphatic rings. The molecule has 0 aliphatic carbocycles. The van der Waals surface area contributed by atoms with Gasteiger partial charge in [-0.05, 0) is 42.8 Å². The van der Waals surface area contributed by atoms with Crippen molar-refractivity contribution in [2.75, 3.05) is 6.54 Å². The highest BCUT2D eigenvalue weighted by Crippen LogP contribution is 2.30. The molecule has 0 saturated heterocycles. The molecular formula is C26H22N4O. The van der Waals surface area contributed by atoms with E-state index in [4.69, 9.17) is 14.4 Å². The van der Waals surface area contributed by atoms with Crippen molar-refractivity contribution in [1.29, 1.82) is 0 Å². The van der Waals surface area contributed by atoms with Crippen molar-refractivity contribution in [1.82, 2.24) is 19.9 Å². The Bertz CT molecular complexity index is 1410. The van der Waals surface area contributed by atoms with Gasteiger partial charge in [0.1, 0.15) is 0 Å². The number of para-hydroxylation sites is 1. The number of aryl methyl sites for hydroxylation is 1. The third kappa shape index (κ3) is 3.27. The van der Waals surface area contributed by atoms with Gasteiger partial charge in [0.2, 0.25) is 0 Å². The van der Waals surface area contributed by atoms with Crippen LogP contribution in [0.4, 0.5) is 0 Å². The maximum Gasteiger partial charge on any atom is 0.195 e. The van der Waals surface area contributed by atoms with Crippen LogP contribution in [0.25, 0.3) is 33.4 Å². The first-order valence-electron chi connectivity index (χ1n) is 10.6. The molecule has 5 nitrogen and oxygen atoms in total. The Labute approximate surface area is 180 Å². The molecule has 31 heavy (non-hydrogen) atoms. The van der Waals surface area contributed by atoms with E-state index in [9.17, 15) is 0 Å². The van der Waals surface area contributed by atoms with E-state index in [0.29, 0.717) is 5.82 Å². The number of nitrogens with zero attached hydrogens (tertiary/aromatic N) is 4. The Morgan fingerprint density at radius 3 is 2.77 bits per heavy atom. The minimum Gasteiger partial charge on any atom is -0.461 e. The highest BCUT2D eigenvalue weighted by atomic mass is 16.3. The molecule has 0 radical (unpaired) electrons. The number of hydrogen-bond donors (Lipinski definition) is 0. The Balaban J connectivity index is 1.36. The zero-order valence-electron chi connectivity index (χ0n) is 17.4. The molecule has 0 fully saturated rings. The molecule has 2 aromatic carbocycles. The van der Waals surface area contributed by atoms with Gasteiger partial charge in [0, 0.05) is 48.6 Å². The second-order valence-corrected chi connectivity index (χ2v) is 8.23. The fourth-order valence-corrected chi connectivity index (χ4v) is 4.52. The molecule has 0 amide bonds. The van der Waals surface area contributed by atoms with Gasteiger partial charge in [-0.2, -0.15) is 0 Å². The first-order chi connectivity index (χ1) is 15.2. The number of hydrogen-bond acceptors (Lipinski definition) is 5. The van der Waals surface area contributed by atoms with E-state index in [-0.39, 0.29) is 0 Å². The molecule has 0 atom stereocenters. The lowest BCUT2D eigenvalue weighted by Crippen LogP contribution is -2.31. The third-order valence-corrected chi connectivity index (χ3v) is 6.08. The minimum atomic E-state index is 0.666. The Hall–Kier alpha value is -3.57. The van der Waals surface area contributed by atoms with E-state index in [2.05, 4.69) is 59.3 Å². The standard InChI is InChI=1S/C26H22N4O/c1-17-8-9-24-20(13-17)21(19-5-2-3-6-23(19)28-24)16-30-11-10-22-18(15-30)14-27-26(29-22)25-7-4-12-31-25/h2-9,12-14H,10-11,15-16H2,1H3. The molecule has 152 valence electrons. The summed E-state index contributed by atoms with van der Waals surface area (Å²) in [6, 6.07) is 18.8. The summed E-state index contributed by atoms with van der Waals surface area (Å²) >= 11 is 0. The molecule has 5 aromatic rings. The van der Waals surface area contributed by atoms with E-state index >= 15 is 0 Å². The molecule has 4 heterocycles. The van der Waals surface area contributed by atoms with Gasteiger partial charge in [-0.25, -0.2) is 15.0 Å².